The summed E-state index contributed by atoms with van der Waals surface area (Å²) in [6.07, 6.45) is 1.56. The molecule has 2 aromatic rings. The number of hydrogen-bond acceptors (Lipinski definition) is 4. The molecule has 19 heavy (non-hydrogen) atoms. The maximum Gasteiger partial charge on any atom is 0.128 e. The molecule has 0 amide bonds. The molecule has 2 rings (SSSR count). The van der Waals surface area contributed by atoms with E-state index in [0.29, 0.717) is 17.0 Å². The monoisotopic (exact) mass is 257 g/mol. The molecule has 0 aromatic heterocycles. The van der Waals surface area contributed by atoms with Crippen LogP contribution in [0.25, 0.3) is 0 Å². The number of hydrogen-bond donors (Lipinski definition) is 2. The smallest absolute Gasteiger partial charge is 0.128 e. The second-order valence-corrected chi connectivity index (χ2v) is 3.97. The molecule has 4 nitrogen and oxygen atoms in total. The zero-order valence-electron chi connectivity index (χ0n) is 10.6. The van der Waals surface area contributed by atoms with E-state index in [-0.39, 0.29) is 12.4 Å². The third-order valence-electron chi connectivity index (χ3n) is 2.74. The fourth-order valence-corrected chi connectivity index (χ4v) is 1.67. The first-order valence-corrected chi connectivity index (χ1v) is 5.84. The molecule has 0 heterocycles. The number of ether oxygens (including phenoxy) is 1. The van der Waals surface area contributed by atoms with Crippen LogP contribution >= 0.6 is 0 Å². The first kappa shape index (κ1) is 13.1. The zero-order chi connectivity index (χ0) is 13.7. The van der Waals surface area contributed by atoms with Gasteiger partial charge < -0.3 is 14.9 Å². The summed E-state index contributed by atoms with van der Waals surface area (Å²) in [4.78, 5) is 4.28. The molecule has 98 valence electrons. The van der Waals surface area contributed by atoms with Crippen molar-refractivity contribution in [1.82, 2.24) is 0 Å². The number of phenolic OH excluding ortho intramolecular Hbond substituents is 1. The van der Waals surface area contributed by atoms with Gasteiger partial charge in [-0.3, -0.25) is 4.99 Å². The summed E-state index contributed by atoms with van der Waals surface area (Å²) in [7, 11) is 1.54. The predicted molar refractivity (Wildman–Crippen MR) is 74.3 cm³/mol. The van der Waals surface area contributed by atoms with E-state index >= 15 is 0 Å². The van der Waals surface area contributed by atoms with E-state index in [0.717, 1.165) is 5.56 Å². The number of aliphatic hydroxyl groups excluding tert-OH is 1. The molecule has 0 atom stereocenters. The maximum atomic E-state index is 9.81. The van der Waals surface area contributed by atoms with E-state index < -0.39 is 0 Å². The number of aliphatic hydroxyl groups is 1. The lowest BCUT2D eigenvalue weighted by Gasteiger charge is -2.04. The van der Waals surface area contributed by atoms with Crippen LogP contribution in [0.5, 0.6) is 11.5 Å². The van der Waals surface area contributed by atoms with Gasteiger partial charge in [0.05, 0.1) is 19.4 Å². The zero-order valence-corrected chi connectivity index (χ0v) is 10.6. The van der Waals surface area contributed by atoms with E-state index in [4.69, 9.17) is 4.74 Å². The summed E-state index contributed by atoms with van der Waals surface area (Å²) in [6.45, 7) is -0.0674. The number of aliphatic imine (C=N–C) groups is 1. The highest BCUT2D eigenvalue weighted by molar-refractivity contribution is 5.85. The van der Waals surface area contributed by atoms with Gasteiger partial charge in [-0.05, 0) is 18.2 Å². The summed E-state index contributed by atoms with van der Waals surface area (Å²) in [6, 6.07) is 12.3. The SMILES string of the molecule is COc1ccc(C=Nc2ccccc2CO)c(O)c1. The molecule has 0 saturated heterocycles. The Hall–Kier alpha value is -2.33. The molecule has 0 fully saturated rings. The molecular formula is C15H15NO3. The number of rotatable bonds is 4. The first-order chi connectivity index (χ1) is 9.24. The molecular weight excluding hydrogens is 242 g/mol. The minimum Gasteiger partial charge on any atom is -0.507 e. The number of nitrogens with zero attached hydrogens (tertiary/aromatic N) is 1. The molecule has 2 N–H and O–H groups in total. The van der Waals surface area contributed by atoms with Gasteiger partial charge in [-0.1, -0.05) is 18.2 Å². The molecule has 4 heteroatoms. The molecule has 0 radical (unpaired) electrons. The molecule has 0 aliphatic carbocycles. The van der Waals surface area contributed by atoms with Crippen molar-refractivity contribution in [3.63, 3.8) is 0 Å². The van der Waals surface area contributed by atoms with Crippen LogP contribution < -0.4 is 4.74 Å². The average Bonchev–Trinajstić information content (AvgIpc) is 2.46. The van der Waals surface area contributed by atoms with Crippen LogP contribution in [0.4, 0.5) is 5.69 Å². The van der Waals surface area contributed by atoms with Gasteiger partial charge in [0, 0.05) is 23.4 Å². The van der Waals surface area contributed by atoms with Crippen molar-refractivity contribution in [3.8, 4) is 11.5 Å². The Balaban J connectivity index is 2.27. The van der Waals surface area contributed by atoms with Gasteiger partial charge in [-0.2, -0.15) is 0 Å². The van der Waals surface area contributed by atoms with Crippen molar-refractivity contribution in [2.45, 2.75) is 6.61 Å². The normalized spacial score (nSPS) is 10.8. The molecule has 0 aliphatic rings. The van der Waals surface area contributed by atoms with Crippen LogP contribution in [-0.2, 0) is 6.61 Å². The van der Waals surface area contributed by atoms with Crippen LogP contribution in [0.1, 0.15) is 11.1 Å². The Kier molecular flexibility index (Phi) is 4.15. The summed E-state index contributed by atoms with van der Waals surface area (Å²) in [5.41, 5.74) is 2.01. The number of aromatic hydroxyl groups is 1. The van der Waals surface area contributed by atoms with Crippen molar-refractivity contribution >= 4 is 11.9 Å². The summed E-state index contributed by atoms with van der Waals surface area (Å²) < 4.78 is 5.01. The van der Waals surface area contributed by atoms with Gasteiger partial charge in [0.25, 0.3) is 0 Å². The lowest BCUT2D eigenvalue weighted by molar-refractivity contribution is 0.282. The van der Waals surface area contributed by atoms with Gasteiger partial charge in [0.2, 0.25) is 0 Å². The van der Waals surface area contributed by atoms with Gasteiger partial charge in [0.1, 0.15) is 11.5 Å². The highest BCUT2D eigenvalue weighted by Crippen LogP contribution is 2.23. The number of phenols is 1. The van der Waals surface area contributed by atoms with Gasteiger partial charge >= 0.3 is 0 Å². The third-order valence-corrected chi connectivity index (χ3v) is 2.74. The van der Waals surface area contributed by atoms with E-state index in [2.05, 4.69) is 4.99 Å². The van der Waals surface area contributed by atoms with Crippen LogP contribution in [0.2, 0.25) is 0 Å². The Morgan fingerprint density at radius 1 is 1.21 bits per heavy atom. The van der Waals surface area contributed by atoms with Gasteiger partial charge in [-0.25, -0.2) is 0 Å². The highest BCUT2D eigenvalue weighted by Gasteiger charge is 2.01. The van der Waals surface area contributed by atoms with Crippen molar-refractivity contribution < 1.29 is 14.9 Å². The van der Waals surface area contributed by atoms with Crippen LogP contribution in [0.15, 0.2) is 47.5 Å². The van der Waals surface area contributed by atoms with E-state index in [1.165, 1.54) is 6.07 Å². The Bertz CT molecular complexity index is 594. The number of methoxy groups -OCH3 is 1. The fraction of sp³-hybridized carbons (Fsp3) is 0.133. The van der Waals surface area contributed by atoms with Crippen LogP contribution in [0.3, 0.4) is 0 Å². The molecule has 0 saturated carbocycles. The van der Waals surface area contributed by atoms with Crippen molar-refractivity contribution in [1.29, 1.82) is 0 Å². The van der Waals surface area contributed by atoms with Crippen molar-refractivity contribution in [2.24, 2.45) is 4.99 Å². The standard InChI is InChI=1S/C15H15NO3/c1-19-13-7-6-11(15(18)8-13)9-16-14-5-3-2-4-12(14)10-17/h2-9,17-18H,10H2,1H3. The lowest BCUT2D eigenvalue weighted by Crippen LogP contribution is -1.87. The van der Waals surface area contributed by atoms with Gasteiger partial charge in [-0.15, -0.1) is 0 Å². The second-order valence-electron chi connectivity index (χ2n) is 3.97. The van der Waals surface area contributed by atoms with Crippen LogP contribution in [-0.4, -0.2) is 23.5 Å². The predicted octanol–water partition coefficient (Wildman–Crippen LogP) is 2.64. The molecule has 0 spiro atoms. The minimum atomic E-state index is -0.0674. The minimum absolute atomic E-state index is 0.0674. The number of para-hydroxylation sites is 1. The van der Waals surface area contributed by atoms with E-state index in [1.54, 1.807) is 31.5 Å². The highest BCUT2D eigenvalue weighted by atomic mass is 16.5. The molecule has 2 aromatic carbocycles. The van der Waals surface area contributed by atoms with Crippen LogP contribution in [0, 0.1) is 0 Å². The Labute approximate surface area is 111 Å². The third kappa shape index (κ3) is 3.11. The Morgan fingerprint density at radius 3 is 2.68 bits per heavy atom. The van der Waals surface area contributed by atoms with Gasteiger partial charge in [0.15, 0.2) is 0 Å². The summed E-state index contributed by atoms with van der Waals surface area (Å²) in [5.74, 6) is 0.690. The van der Waals surface area contributed by atoms with E-state index in [1.807, 2.05) is 18.2 Å². The summed E-state index contributed by atoms with van der Waals surface area (Å²) >= 11 is 0. The average molecular weight is 257 g/mol. The quantitative estimate of drug-likeness (QED) is 0.828. The topological polar surface area (TPSA) is 62.0 Å². The fourth-order valence-electron chi connectivity index (χ4n) is 1.67. The lowest BCUT2D eigenvalue weighted by atomic mass is 10.2. The maximum absolute atomic E-state index is 9.81. The molecule has 0 unspecified atom stereocenters. The Morgan fingerprint density at radius 2 is 2.00 bits per heavy atom. The first-order valence-electron chi connectivity index (χ1n) is 5.84. The largest absolute Gasteiger partial charge is 0.507 e. The van der Waals surface area contributed by atoms with Crippen molar-refractivity contribution in [3.05, 3.63) is 53.6 Å². The van der Waals surface area contributed by atoms with Crippen molar-refractivity contribution in [2.75, 3.05) is 7.11 Å². The second kappa shape index (κ2) is 6.02. The molecule has 0 bridgehead atoms. The molecule has 0 aliphatic heterocycles. The van der Waals surface area contributed by atoms with E-state index in [9.17, 15) is 10.2 Å². The summed E-state index contributed by atoms with van der Waals surface area (Å²) in [5, 5.41) is 19.0. The number of benzene rings is 2.